The maximum Gasteiger partial charge on any atom is 0.266 e. The van der Waals surface area contributed by atoms with Crippen molar-refractivity contribution in [3.8, 4) is 5.75 Å². The van der Waals surface area contributed by atoms with E-state index >= 15 is 0 Å². The van der Waals surface area contributed by atoms with Gasteiger partial charge in [-0.2, -0.15) is 0 Å². The molecule has 2 aromatic carbocycles. The monoisotopic (exact) mass is 442 g/mol. The van der Waals surface area contributed by atoms with Gasteiger partial charge in [0.2, 0.25) is 5.91 Å². The minimum absolute atomic E-state index is 0.195. The number of nitrogens with zero attached hydrogens (tertiary/aromatic N) is 1. The lowest BCUT2D eigenvalue weighted by Crippen LogP contribution is -2.45. The van der Waals surface area contributed by atoms with Crippen LogP contribution in [-0.4, -0.2) is 52.4 Å². The molecule has 8 heteroatoms. The lowest BCUT2D eigenvalue weighted by Gasteiger charge is -2.19. The molecule has 0 saturated carbocycles. The molecule has 1 unspecified atom stereocenters. The molecule has 2 amide bonds. The molecule has 1 atom stereocenters. The van der Waals surface area contributed by atoms with Crippen molar-refractivity contribution in [3.63, 3.8) is 0 Å². The minimum Gasteiger partial charge on any atom is -0.496 e. The molecule has 0 spiro atoms. The van der Waals surface area contributed by atoms with Gasteiger partial charge in [-0.25, -0.2) is 0 Å². The largest absolute Gasteiger partial charge is 0.496 e. The van der Waals surface area contributed by atoms with Crippen LogP contribution >= 0.6 is 24.0 Å². The summed E-state index contributed by atoms with van der Waals surface area (Å²) in [6.07, 6.45) is 2.21. The first-order chi connectivity index (χ1) is 14.5. The van der Waals surface area contributed by atoms with Crippen LogP contribution < -0.4 is 10.1 Å². The number of aliphatic hydroxyl groups excluding tert-OH is 1. The van der Waals surface area contributed by atoms with E-state index in [9.17, 15) is 14.7 Å². The van der Waals surface area contributed by atoms with E-state index in [1.54, 1.807) is 13.2 Å². The van der Waals surface area contributed by atoms with Gasteiger partial charge in [0.1, 0.15) is 16.6 Å². The van der Waals surface area contributed by atoms with Crippen molar-refractivity contribution in [1.82, 2.24) is 10.2 Å². The van der Waals surface area contributed by atoms with Crippen LogP contribution in [0.15, 0.2) is 59.5 Å². The van der Waals surface area contributed by atoms with E-state index in [4.69, 9.17) is 17.0 Å². The standard InChI is InChI=1S/C22H22N2O4S2/c1-28-18-10-6-5-9-16(18)12-19-21(27)24(22(29)30-19)13-20(26)23-17(14-25)11-15-7-3-2-4-8-15/h2-10,12,17,25H,11,13-14H2,1H3,(H,23,26)/b19-12-. The van der Waals surface area contributed by atoms with Crippen LogP contribution in [0.3, 0.4) is 0 Å². The van der Waals surface area contributed by atoms with Crippen molar-refractivity contribution in [2.75, 3.05) is 20.3 Å². The van der Waals surface area contributed by atoms with Crippen molar-refractivity contribution in [3.05, 3.63) is 70.6 Å². The molecule has 0 aliphatic carbocycles. The zero-order valence-electron chi connectivity index (χ0n) is 16.4. The molecule has 156 valence electrons. The normalized spacial score (nSPS) is 16.1. The van der Waals surface area contributed by atoms with Gasteiger partial charge in [-0.1, -0.05) is 72.5 Å². The summed E-state index contributed by atoms with van der Waals surface area (Å²) in [6, 6.07) is 16.5. The van der Waals surface area contributed by atoms with Gasteiger partial charge in [-0.05, 0) is 24.1 Å². The number of thiocarbonyl (C=S) groups is 1. The number of amides is 2. The van der Waals surface area contributed by atoms with Crippen molar-refractivity contribution in [2.45, 2.75) is 12.5 Å². The predicted molar refractivity (Wildman–Crippen MR) is 122 cm³/mol. The number of carbonyl (C=O) groups is 2. The van der Waals surface area contributed by atoms with Gasteiger partial charge in [0.05, 0.1) is 24.7 Å². The second-order valence-corrected chi connectivity index (χ2v) is 8.32. The molecule has 1 heterocycles. The second kappa shape index (κ2) is 10.4. The molecule has 1 fully saturated rings. The molecule has 0 radical (unpaired) electrons. The molecule has 2 aromatic rings. The molecule has 0 bridgehead atoms. The molecular formula is C22H22N2O4S2. The Balaban J connectivity index is 1.64. The first kappa shape index (κ1) is 22.0. The highest BCUT2D eigenvalue weighted by atomic mass is 32.2. The number of para-hydroxylation sites is 1. The third-order valence-corrected chi connectivity index (χ3v) is 5.89. The summed E-state index contributed by atoms with van der Waals surface area (Å²) >= 11 is 6.45. The Morgan fingerprint density at radius 3 is 2.63 bits per heavy atom. The van der Waals surface area contributed by atoms with Crippen LogP contribution in [0.2, 0.25) is 0 Å². The van der Waals surface area contributed by atoms with Gasteiger partial charge >= 0.3 is 0 Å². The van der Waals surface area contributed by atoms with E-state index in [1.165, 1.54) is 4.90 Å². The molecule has 1 aliphatic rings. The molecule has 6 nitrogen and oxygen atoms in total. The first-order valence-electron chi connectivity index (χ1n) is 9.34. The Bertz CT molecular complexity index is 963. The van der Waals surface area contributed by atoms with E-state index < -0.39 is 6.04 Å². The number of benzene rings is 2. The summed E-state index contributed by atoms with van der Waals surface area (Å²) in [4.78, 5) is 27.0. The molecule has 0 aromatic heterocycles. The van der Waals surface area contributed by atoms with Crippen LogP contribution in [0.5, 0.6) is 5.75 Å². The van der Waals surface area contributed by atoms with Crippen molar-refractivity contribution >= 4 is 46.2 Å². The zero-order valence-corrected chi connectivity index (χ0v) is 18.0. The number of hydrogen-bond acceptors (Lipinski definition) is 6. The molecule has 1 aliphatic heterocycles. The summed E-state index contributed by atoms with van der Waals surface area (Å²) < 4.78 is 5.63. The number of hydrogen-bond donors (Lipinski definition) is 2. The smallest absolute Gasteiger partial charge is 0.266 e. The van der Waals surface area contributed by atoms with E-state index in [2.05, 4.69) is 5.32 Å². The van der Waals surface area contributed by atoms with Crippen molar-refractivity contribution in [2.24, 2.45) is 0 Å². The lowest BCUT2D eigenvalue weighted by molar-refractivity contribution is -0.129. The number of thioether (sulfide) groups is 1. The first-order valence-corrected chi connectivity index (χ1v) is 10.6. The number of aliphatic hydroxyl groups is 1. The Kier molecular flexibility index (Phi) is 7.62. The molecular weight excluding hydrogens is 420 g/mol. The number of methoxy groups -OCH3 is 1. The lowest BCUT2D eigenvalue weighted by atomic mass is 10.1. The number of nitrogens with one attached hydrogen (secondary N) is 1. The summed E-state index contributed by atoms with van der Waals surface area (Å²) in [6.45, 7) is -0.397. The quantitative estimate of drug-likeness (QED) is 0.483. The highest BCUT2D eigenvalue weighted by Crippen LogP contribution is 2.34. The van der Waals surface area contributed by atoms with Gasteiger partial charge in [0, 0.05) is 5.56 Å². The number of carbonyl (C=O) groups excluding carboxylic acids is 2. The fraction of sp³-hybridized carbons (Fsp3) is 0.227. The molecule has 30 heavy (non-hydrogen) atoms. The number of ether oxygens (including phenoxy) is 1. The summed E-state index contributed by atoms with van der Waals surface area (Å²) in [5.74, 6) is -0.0540. The average molecular weight is 443 g/mol. The van der Waals surface area contributed by atoms with Crippen LogP contribution in [0.1, 0.15) is 11.1 Å². The van der Waals surface area contributed by atoms with Gasteiger partial charge < -0.3 is 15.2 Å². The molecule has 2 N–H and O–H groups in total. The predicted octanol–water partition coefficient (Wildman–Crippen LogP) is 2.62. The van der Waals surface area contributed by atoms with Gasteiger partial charge in [-0.15, -0.1) is 0 Å². The number of rotatable bonds is 8. The Labute approximate surface area is 184 Å². The van der Waals surface area contributed by atoms with Gasteiger partial charge in [-0.3, -0.25) is 14.5 Å². The fourth-order valence-corrected chi connectivity index (χ4v) is 4.29. The highest BCUT2D eigenvalue weighted by Gasteiger charge is 2.33. The van der Waals surface area contributed by atoms with E-state index in [-0.39, 0.29) is 25.0 Å². The third kappa shape index (κ3) is 5.47. The van der Waals surface area contributed by atoms with Crippen molar-refractivity contribution < 1.29 is 19.4 Å². The maximum atomic E-state index is 12.8. The van der Waals surface area contributed by atoms with Crippen LogP contribution in [0, 0.1) is 0 Å². The van der Waals surface area contributed by atoms with E-state index in [1.807, 2.05) is 54.6 Å². The third-order valence-electron chi connectivity index (χ3n) is 4.51. The molecule has 3 rings (SSSR count). The topological polar surface area (TPSA) is 78.9 Å². The Hall–Kier alpha value is -2.68. The Morgan fingerprint density at radius 1 is 1.23 bits per heavy atom. The maximum absolute atomic E-state index is 12.8. The zero-order chi connectivity index (χ0) is 21.5. The highest BCUT2D eigenvalue weighted by molar-refractivity contribution is 8.26. The van der Waals surface area contributed by atoms with Crippen LogP contribution in [-0.2, 0) is 16.0 Å². The van der Waals surface area contributed by atoms with E-state index in [0.717, 1.165) is 22.9 Å². The molecule has 1 saturated heterocycles. The summed E-state index contributed by atoms with van der Waals surface area (Å²) in [7, 11) is 1.56. The van der Waals surface area contributed by atoms with Gasteiger partial charge in [0.25, 0.3) is 5.91 Å². The van der Waals surface area contributed by atoms with Crippen molar-refractivity contribution in [1.29, 1.82) is 0 Å². The fourth-order valence-electron chi connectivity index (χ4n) is 3.04. The van der Waals surface area contributed by atoms with E-state index in [0.29, 0.717) is 21.4 Å². The summed E-state index contributed by atoms with van der Waals surface area (Å²) in [5.41, 5.74) is 1.76. The Morgan fingerprint density at radius 2 is 1.93 bits per heavy atom. The van der Waals surface area contributed by atoms with Gasteiger partial charge in [0.15, 0.2) is 0 Å². The second-order valence-electron chi connectivity index (χ2n) is 6.65. The average Bonchev–Trinajstić information content (AvgIpc) is 3.01. The van der Waals surface area contributed by atoms with Crippen LogP contribution in [0.25, 0.3) is 6.08 Å². The SMILES string of the molecule is COc1ccccc1/C=C1\SC(=S)N(CC(=O)NC(CO)Cc2ccccc2)C1=O. The summed E-state index contributed by atoms with van der Waals surface area (Å²) in [5, 5.41) is 12.4. The minimum atomic E-state index is -0.442. The van der Waals surface area contributed by atoms with Crippen LogP contribution in [0.4, 0.5) is 0 Å².